The molecule has 0 amide bonds. The quantitative estimate of drug-likeness (QED) is 0.391. The van der Waals surface area contributed by atoms with Gasteiger partial charge in [0.15, 0.2) is 28.9 Å². The van der Waals surface area contributed by atoms with E-state index >= 15 is 0 Å². The molecule has 1 aromatic heterocycles. The van der Waals surface area contributed by atoms with Crippen LogP contribution in [0.5, 0.6) is 17.2 Å². The number of nitrogens with zero attached hydrogens (tertiary/aromatic N) is 3. The zero-order chi connectivity index (χ0) is 22.1. The molecule has 0 unspecified atom stereocenters. The molecule has 0 aliphatic rings. The molecule has 2 rings (SSSR count). The molecule has 0 atom stereocenters. The molecule has 9 nitrogen and oxygen atoms in total. The van der Waals surface area contributed by atoms with Crippen LogP contribution in [0.2, 0.25) is 0 Å². The van der Waals surface area contributed by atoms with Gasteiger partial charge in [0.05, 0.1) is 32.2 Å². The van der Waals surface area contributed by atoms with Crippen molar-refractivity contribution < 1.29 is 28.1 Å². The molecule has 1 heterocycles. The SMILES string of the molecule is CN/C(=C\C(N)=N/c1ncc(OCc2c(F)c(OC)cc(OC)c2F)cn1)CCO. The van der Waals surface area contributed by atoms with E-state index in [-0.39, 0.29) is 41.2 Å². The smallest absolute Gasteiger partial charge is 0.251 e. The van der Waals surface area contributed by atoms with Crippen LogP contribution in [0.25, 0.3) is 0 Å². The van der Waals surface area contributed by atoms with E-state index in [1.807, 2.05) is 0 Å². The van der Waals surface area contributed by atoms with Gasteiger partial charge in [-0.25, -0.2) is 18.7 Å². The van der Waals surface area contributed by atoms with Gasteiger partial charge in [-0.1, -0.05) is 0 Å². The van der Waals surface area contributed by atoms with E-state index < -0.39 is 18.2 Å². The predicted octanol–water partition coefficient (Wildman–Crippen LogP) is 1.83. The van der Waals surface area contributed by atoms with Crippen molar-refractivity contribution in [3.8, 4) is 17.2 Å². The van der Waals surface area contributed by atoms with Crippen LogP contribution in [0.15, 0.2) is 35.2 Å². The number of aromatic nitrogens is 2. The predicted molar refractivity (Wildman–Crippen MR) is 106 cm³/mol. The minimum absolute atomic E-state index is 0.0388. The molecule has 0 spiro atoms. The Balaban J connectivity index is 2.13. The molecule has 11 heteroatoms. The van der Waals surface area contributed by atoms with Crippen LogP contribution >= 0.6 is 0 Å². The zero-order valence-corrected chi connectivity index (χ0v) is 16.8. The maximum Gasteiger partial charge on any atom is 0.251 e. The average Bonchev–Trinajstić information content (AvgIpc) is 2.74. The Kier molecular flexibility index (Phi) is 8.29. The van der Waals surface area contributed by atoms with Crippen molar-refractivity contribution in [2.45, 2.75) is 13.0 Å². The van der Waals surface area contributed by atoms with Gasteiger partial charge in [-0.3, -0.25) is 0 Å². The lowest BCUT2D eigenvalue weighted by Crippen LogP contribution is -2.15. The number of benzene rings is 1. The third-order valence-electron chi connectivity index (χ3n) is 3.92. The molecule has 0 fully saturated rings. The number of aliphatic hydroxyl groups excluding tert-OH is 1. The Hall–Kier alpha value is -3.47. The maximum absolute atomic E-state index is 14.4. The minimum Gasteiger partial charge on any atom is -0.494 e. The summed E-state index contributed by atoms with van der Waals surface area (Å²) in [6.45, 7) is -0.475. The number of hydrogen-bond acceptors (Lipinski definition) is 8. The summed E-state index contributed by atoms with van der Waals surface area (Å²) in [4.78, 5) is 12.0. The molecule has 1 aromatic carbocycles. The van der Waals surface area contributed by atoms with Gasteiger partial charge < -0.3 is 30.4 Å². The van der Waals surface area contributed by atoms with Crippen LogP contribution in [-0.2, 0) is 6.61 Å². The van der Waals surface area contributed by atoms with Gasteiger partial charge in [-0.15, -0.1) is 0 Å². The molecule has 30 heavy (non-hydrogen) atoms. The van der Waals surface area contributed by atoms with E-state index in [0.717, 1.165) is 6.07 Å². The zero-order valence-electron chi connectivity index (χ0n) is 16.8. The molecule has 0 aliphatic carbocycles. The fourth-order valence-corrected chi connectivity index (χ4v) is 2.38. The van der Waals surface area contributed by atoms with Gasteiger partial charge in [0.2, 0.25) is 0 Å². The van der Waals surface area contributed by atoms with Crippen LogP contribution in [0.3, 0.4) is 0 Å². The highest BCUT2D eigenvalue weighted by atomic mass is 19.1. The van der Waals surface area contributed by atoms with Crippen molar-refractivity contribution >= 4 is 11.8 Å². The van der Waals surface area contributed by atoms with E-state index in [9.17, 15) is 8.78 Å². The molecule has 0 radical (unpaired) electrons. The van der Waals surface area contributed by atoms with Gasteiger partial charge in [0, 0.05) is 31.8 Å². The molecule has 0 aliphatic heterocycles. The third kappa shape index (κ3) is 5.77. The lowest BCUT2D eigenvalue weighted by molar-refractivity contribution is 0.280. The average molecular weight is 423 g/mol. The van der Waals surface area contributed by atoms with Crippen LogP contribution in [0, 0.1) is 11.6 Å². The second-order valence-corrected chi connectivity index (χ2v) is 5.82. The lowest BCUT2D eigenvalue weighted by atomic mass is 10.1. The van der Waals surface area contributed by atoms with Crippen molar-refractivity contribution in [2.24, 2.45) is 10.7 Å². The summed E-state index contributed by atoms with van der Waals surface area (Å²) in [5, 5.41) is 11.9. The van der Waals surface area contributed by atoms with E-state index in [0.29, 0.717) is 12.1 Å². The van der Waals surface area contributed by atoms with E-state index in [1.165, 1.54) is 26.6 Å². The summed E-state index contributed by atoms with van der Waals surface area (Å²) in [5.74, 6) is -1.75. The summed E-state index contributed by atoms with van der Waals surface area (Å²) in [5.41, 5.74) is 6.14. The highest BCUT2D eigenvalue weighted by Gasteiger charge is 2.20. The molecular weight excluding hydrogens is 400 g/mol. The number of hydrogen-bond donors (Lipinski definition) is 3. The van der Waals surface area contributed by atoms with E-state index in [2.05, 4.69) is 20.3 Å². The van der Waals surface area contributed by atoms with Crippen LogP contribution in [0.1, 0.15) is 12.0 Å². The molecule has 0 bridgehead atoms. The highest BCUT2D eigenvalue weighted by Crippen LogP contribution is 2.31. The number of halogens is 2. The molecule has 4 N–H and O–H groups in total. The first-order valence-electron chi connectivity index (χ1n) is 8.80. The summed E-state index contributed by atoms with van der Waals surface area (Å²) < 4.78 is 43.9. The highest BCUT2D eigenvalue weighted by molar-refractivity contribution is 5.93. The second kappa shape index (κ2) is 10.9. The summed E-state index contributed by atoms with van der Waals surface area (Å²) in [6, 6.07) is 1.11. The Morgan fingerprint density at radius 2 is 1.80 bits per heavy atom. The molecule has 0 saturated heterocycles. The number of aliphatic imine (C=N–C) groups is 1. The number of ether oxygens (including phenoxy) is 3. The van der Waals surface area contributed by atoms with Gasteiger partial charge >= 0.3 is 0 Å². The number of rotatable bonds is 10. The Morgan fingerprint density at radius 1 is 1.20 bits per heavy atom. The summed E-state index contributed by atoms with van der Waals surface area (Å²) in [6.07, 6.45) is 4.53. The van der Waals surface area contributed by atoms with Crippen molar-refractivity contribution in [1.29, 1.82) is 0 Å². The van der Waals surface area contributed by atoms with Gasteiger partial charge in [-0.05, 0) is 6.08 Å². The van der Waals surface area contributed by atoms with Gasteiger partial charge in [-0.2, -0.15) is 4.99 Å². The van der Waals surface area contributed by atoms with Crippen molar-refractivity contribution in [2.75, 3.05) is 27.9 Å². The monoisotopic (exact) mass is 423 g/mol. The van der Waals surface area contributed by atoms with Crippen molar-refractivity contribution in [1.82, 2.24) is 15.3 Å². The van der Waals surface area contributed by atoms with E-state index in [4.69, 9.17) is 25.1 Å². The maximum atomic E-state index is 14.4. The normalized spacial score (nSPS) is 11.9. The number of amidine groups is 1. The van der Waals surface area contributed by atoms with E-state index in [1.54, 1.807) is 13.1 Å². The fraction of sp³-hybridized carbons (Fsp3) is 0.316. The second-order valence-electron chi connectivity index (χ2n) is 5.82. The first-order chi connectivity index (χ1) is 14.4. The number of nitrogens with one attached hydrogen (secondary N) is 1. The lowest BCUT2D eigenvalue weighted by Gasteiger charge is -2.13. The van der Waals surface area contributed by atoms with Crippen LogP contribution in [0.4, 0.5) is 14.7 Å². The minimum atomic E-state index is -0.888. The number of methoxy groups -OCH3 is 2. The first kappa shape index (κ1) is 22.8. The van der Waals surface area contributed by atoms with Crippen molar-refractivity contribution in [3.05, 3.63) is 47.4 Å². The molecular formula is C19H23F2N5O4. The van der Waals surface area contributed by atoms with Crippen molar-refractivity contribution in [3.63, 3.8) is 0 Å². The summed E-state index contributed by atoms with van der Waals surface area (Å²) >= 11 is 0. The third-order valence-corrected chi connectivity index (χ3v) is 3.92. The van der Waals surface area contributed by atoms with Gasteiger partial charge in [0.25, 0.3) is 5.95 Å². The van der Waals surface area contributed by atoms with Crippen LogP contribution in [-0.4, -0.2) is 48.8 Å². The first-order valence-corrected chi connectivity index (χ1v) is 8.80. The number of nitrogens with two attached hydrogens (primary N) is 1. The Labute approximate surface area is 172 Å². The molecule has 0 saturated carbocycles. The largest absolute Gasteiger partial charge is 0.494 e. The molecule has 162 valence electrons. The van der Waals surface area contributed by atoms with Gasteiger partial charge in [0.1, 0.15) is 12.4 Å². The Bertz CT molecular complexity index is 892. The molecule has 2 aromatic rings. The Morgan fingerprint density at radius 3 is 2.30 bits per heavy atom. The summed E-state index contributed by atoms with van der Waals surface area (Å²) in [7, 11) is 4.22. The number of aliphatic hydroxyl groups is 1. The standard InChI is InChI=1S/C19H23F2N5O4/c1-23-11(4-5-27)6-16(22)26-19-24-8-12(9-25-19)30-10-13-17(20)14(28-2)7-15(29-3)18(13)21/h6-9,23,27H,4-5,10H2,1-3H3,(H2,22,24,25,26)/b11-6-. The van der Waals surface area contributed by atoms with Crippen LogP contribution < -0.4 is 25.3 Å². The fourth-order valence-electron chi connectivity index (χ4n) is 2.38. The topological polar surface area (TPSA) is 124 Å².